The van der Waals surface area contributed by atoms with Crippen LogP contribution in [0.1, 0.15) is 48.9 Å². The third kappa shape index (κ3) is 5.17. The predicted molar refractivity (Wildman–Crippen MR) is 132 cm³/mol. The second-order valence-electron chi connectivity index (χ2n) is 9.28. The molecule has 0 bridgehead atoms. The van der Waals surface area contributed by atoms with Crippen LogP contribution >= 0.6 is 0 Å². The number of hydrogen-bond acceptors (Lipinski definition) is 7. The zero-order valence-corrected chi connectivity index (χ0v) is 21.1. The fourth-order valence-corrected chi connectivity index (χ4v) is 5.27. The Kier molecular flexibility index (Phi) is 7.12. The Balaban J connectivity index is 1.69. The molecular formula is C25H31N5O4S. The van der Waals surface area contributed by atoms with Gasteiger partial charge in [-0.3, -0.25) is 4.79 Å². The molecule has 0 unspecified atom stereocenters. The summed E-state index contributed by atoms with van der Waals surface area (Å²) in [5, 5.41) is 15.4. The lowest BCUT2D eigenvalue weighted by Crippen LogP contribution is -2.54. The van der Waals surface area contributed by atoms with Gasteiger partial charge >= 0.3 is 0 Å². The number of ether oxygens (including phenoxy) is 1. The van der Waals surface area contributed by atoms with E-state index in [2.05, 4.69) is 11.0 Å². The number of carbonyl (C=O) groups excluding carboxylic acids is 1. The average molecular weight is 498 g/mol. The van der Waals surface area contributed by atoms with Gasteiger partial charge in [0.25, 0.3) is 0 Å². The molecule has 1 amide bonds. The fraction of sp³-hybridized carbons (Fsp3) is 0.480. The normalized spacial score (nSPS) is 18.4. The van der Waals surface area contributed by atoms with Gasteiger partial charge in [-0.05, 0) is 49.9 Å². The molecule has 2 N–H and O–H groups in total. The van der Waals surface area contributed by atoms with Crippen molar-refractivity contribution >= 4 is 21.7 Å². The maximum absolute atomic E-state index is 12.5. The van der Waals surface area contributed by atoms with Crippen molar-refractivity contribution in [2.75, 3.05) is 38.3 Å². The maximum Gasteiger partial charge on any atom is 0.238 e. The van der Waals surface area contributed by atoms with Crippen LogP contribution in [0.5, 0.6) is 0 Å². The molecule has 9 nitrogen and oxygen atoms in total. The van der Waals surface area contributed by atoms with E-state index < -0.39 is 10.0 Å². The van der Waals surface area contributed by atoms with Gasteiger partial charge in [-0.15, -0.1) is 0 Å². The van der Waals surface area contributed by atoms with Gasteiger partial charge in [0.2, 0.25) is 15.9 Å². The van der Waals surface area contributed by atoms with E-state index >= 15 is 0 Å². The van der Waals surface area contributed by atoms with Gasteiger partial charge < -0.3 is 14.5 Å². The van der Waals surface area contributed by atoms with Gasteiger partial charge in [0.05, 0.1) is 29.2 Å². The van der Waals surface area contributed by atoms with E-state index in [1.54, 1.807) is 19.2 Å². The summed E-state index contributed by atoms with van der Waals surface area (Å²) in [5.74, 6) is 1.04. The van der Waals surface area contributed by atoms with E-state index in [1.807, 2.05) is 18.7 Å². The second kappa shape index (κ2) is 9.93. The van der Waals surface area contributed by atoms with Gasteiger partial charge in [0.15, 0.2) is 0 Å². The minimum absolute atomic E-state index is 0.0171. The smallest absolute Gasteiger partial charge is 0.238 e. The number of carbonyl (C=O) groups is 1. The van der Waals surface area contributed by atoms with Crippen molar-refractivity contribution in [3.63, 3.8) is 0 Å². The third-order valence-corrected chi connectivity index (χ3v) is 7.70. The molecule has 1 aliphatic carbocycles. The van der Waals surface area contributed by atoms with Crippen LogP contribution in [0.15, 0.2) is 29.2 Å². The molecule has 1 atom stereocenters. The molecule has 1 aromatic carbocycles. The van der Waals surface area contributed by atoms with Gasteiger partial charge in [-0.1, -0.05) is 12.1 Å². The van der Waals surface area contributed by atoms with Crippen molar-refractivity contribution in [1.29, 1.82) is 5.26 Å². The molecule has 2 aliphatic rings. The summed E-state index contributed by atoms with van der Waals surface area (Å²) < 4.78 is 28.4. The Morgan fingerprint density at radius 3 is 2.49 bits per heavy atom. The first-order chi connectivity index (χ1) is 16.7. The summed E-state index contributed by atoms with van der Waals surface area (Å²) in [6.07, 6.45) is 2.41. The summed E-state index contributed by atoms with van der Waals surface area (Å²) >= 11 is 0. The van der Waals surface area contributed by atoms with E-state index in [4.69, 9.17) is 14.9 Å². The molecule has 1 aromatic heterocycles. The molecule has 1 saturated heterocycles. The van der Waals surface area contributed by atoms with Gasteiger partial charge in [-0.2, -0.15) is 5.26 Å². The number of methoxy groups -OCH3 is 1. The zero-order valence-electron chi connectivity index (χ0n) is 20.3. The van der Waals surface area contributed by atoms with Gasteiger partial charge in [0.1, 0.15) is 11.9 Å². The predicted octanol–water partition coefficient (Wildman–Crippen LogP) is 2.53. The number of sulfonamides is 1. The van der Waals surface area contributed by atoms with Gasteiger partial charge in [-0.25, -0.2) is 18.5 Å². The highest BCUT2D eigenvalue weighted by Crippen LogP contribution is 2.46. The standard InChI is InChI=1S/C25H31N5O4S/c1-16-15-29(11-12-30(16)22(31)10-13-34-3)25-21(14-26)17(2)23(24(28-25)19-4-5-19)18-6-8-20(9-7-18)35(27,32)33/h6-9,16,19H,4-5,10-13,15H2,1-3H3,(H2,27,32,33)/t16-/m1/s1. The lowest BCUT2D eigenvalue weighted by atomic mass is 9.93. The molecular weight excluding hydrogens is 466 g/mol. The SMILES string of the molecule is COCCC(=O)N1CCN(c2nc(C3CC3)c(-c3ccc(S(N)(=O)=O)cc3)c(C)c2C#N)C[C@H]1C. The maximum atomic E-state index is 12.5. The minimum atomic E-state index is -3.79. The van der Waals surface area contributed by atoms with Crippen LogP contribution in [-0.2, 0) is 19.6 Å². The first kappa shape index (κ1) is 25.1. The van der Waals surface area contributed by atoms with Crippen LogP contribution < -0.4 is 10.0 Å². The molecule has 1 aliphatic heterocycles. The largest absolute Gasteiger partial charge is 0.384 e. The quantitative estimate of drug-likeness (QED) is 0.622. The number of benzene rings is 1. The highest BCUT2D eigenvalue weighted by Gasteiger charge is 2.34. The highest BCUT2D eigenvalue weighted by molar-refractivity contribution is 7.89. The van der Waals surface area contributed by atoms with Crippen LogP contribution in [0.4, 0.5) is 5.82 Å². The summed E-state index contributed by atoms with van der Waals surface area (Å²) in [5.41, 5.74) is 3.97. The number of rotatable bonds is 7. The summed E-state index contributed by atoms with van der Waals surface area (Å²) in [6.45, 7) is 6.08. The van der Waals surface area contributed by atoms with E-state index in [1.165, 1.54) is 12.1 Å². The molecule has 2 fully saturated rings. The Labute approximate surface area is 206 Å². The molecule has 186 valence electrons. The third-order valence-electron chi connectivity index (χ3n) is 6.77. The Hall–Kier alpha value is -3.00. The lowest BCUT2D eigenvalue weighted by molar-refractivity contribution is -0.134. The number of piperazine rings is 1. The van der Waals surface area contributed by atoms with Crippen LogP contribution in [0, 0.1) is 18.3 Å². The lowest BCUT2D eigenvalue weighted by Gasteiger charge is -2.41. The number of anilines is 1. The first-order valence-corrected chi connectivity index (χ1v) is 13.3. The Morgan fingerprint density at radius 1 is 1.26 bits per heavy atom. The summed E-state index contributed by atoms with van der Waals surface area (Å²) in [7, 11) is -2.21. The summed E-state index contributed by atoms with van der Waals surface area (Å²) in [4.78, 5) is 21.6. The second-order valence-corrected chi connectivity index (χ2v) is 10.8. The average Bonchev–Trinajstić information content (AvgIpc) is 3.67. The van der Waals surface area contributed by atoms with Crippen LogP contribution in [0.2, 0.25) is 0 Å². The van der Waals surface area contributed by atoms with Crippen molar-refractivity contribution in [1.82, 2.24) is 9.88 Å². The van der Waals surface area contributed by atoms with E-state index in [0.717, 1.165) is 35.2 Å². The molecule has 0 radical (unpaired) electrons. The molecule has 4 rings (SSSR count). The van der Waals surface area contributed by atoms with Crippen LogP contribution in [0.25, 0.3) is 11.1 Å². The molecule has 35 heavy (non-hydrogen) atoms. The topological polar surface area (TPSA) is 130 Å². The molecule has 1 saturated carbocycles. The minimum Gasteiger partial charge on any atom is -0.384 e. The first-order valence-electron chi connectivity index (χ1n) is 11.8. The fourth-order valence-electron chi connectivity index (χ4n) is 4.75. The molecule has 2 aromatic rings. The monoisotopic (exact) mass is 497 g/mol. The number of nitriles is 1. The number of primary sulfonamides is 1. The van der Waals surface area contributed by atoms with Crippen molar-refractivity contribution in [3.05, 3.63) is 41.1 Å². The van der Waals surface area contributed by atoms with Crippen molar-refractivity contribution in [2.45, 2.75) is 50.0 Å². The van der Waals surface area contributed by atoms with Crippen LogP contribution in [0.3, 0.4) is 0 Å². The van der Waals surface area contributed by atoms with Crippen LogP contribution in [-0.4, -0.2) is 63.6 Å². The zero-order chi connectivity index (χ0) is 25.3. The van der Waals surface area contributed by atoms with Crippen molar-refractivity contribution < 1.29 is 17.9 Å². The van der Waals surface area contributed by atoms with E-state index in [0.29, 0.717) is 50.0 Å². The number of aromatic nitrogens is 1. The van der Waals surface area contributed by atoms with Crippen molar-refractivity contribution in [2.24, 2.45) is 5.14 Å². The van der Waals surface area contributed by atoms with E-state index in [9.17, 15) is 18.5 Å². The summed E-state index contributed by atoms with van der Waals surface area (Å²) in [6, 6.07) is 8.76. The molecule has 10 heteroatoms. The van der Waals surface area contributed by atoms with Gasteiger partial charge in [0, 0.05) is 44.3 Å². The van der Waals surface area contributed by atoms with Crippen molar-refractivity contribution in [3.8, 4) is 17.2 Å². The number of pyridine rings is 1. The highest BCUT2D eigenvalue weighted by atomic mass is 32.2. The number of hydrogen-bond donors (Lipinski definition) is 1. The Morgan fingerprint density at radius 2 is 1.94 bits per heavy atom. The molecule has 0 spiro atoms. The molecule has 2 heterocycles. The van der Waals surface area contributed by atoms with E-state index in [-0.39, 0.29) is 16.8 Å². The number of nitrogens with zero attached hydrogens (tertiary/aromatic N) is 4. The number of amides is 1. The Bertz CT molecular complexity index is 1270. The number of nitrogens with two attached hydrogens (primary N) is 1.